The third-order valence-corrected chi connectivity index (χ3v) is 8.68. The predicted octanol–water partition coefficient (Wildman–Crippen LogP) is 5.31. The van der Waals surface area contributed by atoms with Crippen LogP contribution in [0.25, 0.3) is 0 Å². The second kappa shape index (κ2) is 14.7. The first kappa shape index (κ1) is 31.7. The molecule has 1 N–H and O–H groups in total. The fraction of sp³-hybridized carbons (Fsp3) is 0.375. The lowest BCUT2D eigenvalue weighted by molar-refractivity contribution is -0.140. The molecule has 9 heteroatoms. The number of nitrogens with zero attached hydrogens (tertiary/aromatic N) is 2. The first-order valence-electron chi connectivity index (χ1n) is 14.1. The zero-order valence-corrected chi connectivity index (χ0v) is 25.4. The molecule has 8 nitrogen and oxygen atoms in total. The molecule has 0 heterocycles. The number of nitrogens with one attached hydrogen (secondary N) is 1. The molecule has 3 rings (SSSR count). The van der Waals surface area contributed by atoms with Crippen molar-refractivity contribution < 1.29 is 22.7 Å². The van der Waals surface area contributed by atoms with Gasteiger partial charge in [-0.2, -0.15) is 0 Å². The van der Waals surface area contributed by atoms with Crippen LogP contribution in [0.2, 0.25) is 0 Å². The van der Waals surface area contributed by atoms with E-state index < -0.39 is 28.5 Å². The Balaban J connectivity index is 2.09. The van der Waals surface area contributed by atoms with Crippen molar-refractivity contribution in [3.8, 4) is 5.75 Å². The number of amides is 2. The molecule has 0 aromatic heterocycles. The van der Waals surface area contributed by atoms with Crippen molar-refractivity contribution in [3.63, 3.8) is 0 Å². The Kier molecular flexibility index (Phi) is 11.3. The van der Waals surface area contributed by atoms with Crippen LogP contribution in [0.5, 0.6) is 5.75 Å². The van der Waals surface area contributed by atoms with Crippen molar-refractivity contribution >= 4 is 27.5 Å². The Bertz CT molecular complexity index is 1390. The van der Waals surface area contributed by atoms with Crippen molar-refractivity contribution in [2.24, 2.45) is 0 Å². The summed E-state index contributed by atoms with van der Waals surface area (Å²) in [5, 5.41) is 2.99. The molecule has 3 aromatic carbocycles. The highest BCUT2D eigenvalue weighted by molar-refractivity contribution is 7.92. The Hall–Kier alpha value is -3.85. The number of ether oxygens (including phenoxy) is 1. The number of aryl methyl sites for hydroxylation is 1. The van der Waals surface area contributed by atoms with Gasteiger partial charge in [-0.05, 0) is 63.4 Å². The summed E-state index contributed by atoms with van der Waals surface area (Å²) >= 11 is 0. The van der Waals surface area contributed by atoms with E-state index >= 15 is 0 Å². The van der Waals surface area contributed by atoms with Gasteiger partial charge in [-0.15, -0.1) is 0 Å². The second-order valence-corrected chi connectivity index (χ2v) is 11.8. The van der Waals surface area contributed by atoms with Crippen LogP contribution < -0.4 is 14.4 Å². The van der Waals surface area contributed by atoms with Gasteiger partial charge in [-0.1, -0.05) is 74.0 Å². The van der Waals surface area contributed by atoms with E-state index in [4.69, 9.17) is 4.74 Å². The summed E-state index contributed by atoms with van der Waals surface area (Å²) in [6.45, 7) is 9.47. The van der Waals surface area contributed by atoms with E-state index in [0.717, 1.165) is 21.9 Å². The maximum absolute atomic E-state index is 14.2. The topological polar surface area (TPSA) is 96.0 Å². The lowest BCUT2D eigenvalue weighted by atomic mass is 10.1. The Labute approximate surface area is 244 Å². The molecule has 220 valence electrons. The van der Waals surface area contributed by atoms with Gasteiger partial charge < -0.3 is 15.0 Å². The minimum Gasteiger partial charge on any atom is -0.492 e. The quantitative estimate of drug-likeness (QED) is 0.279. The zero-order chi connectivity index (χ0) is 30.0. The van der Waals surface area contributed by atoms with Gasteiger partial charge in [0.25, 0.3) is 10.0 Å². The first-order chi connectivity index (χ1) is 19.6. The van der Waals surface area contributed by atoms with E-state index in [1.54, 1.807) is 42.5 Å². The number of carbonyl (C=O) groups excluding carboxylic acids is 2. The molecule has 0 aliphatic heterocycles. The van der Waals surface area contributed by atoms with Crippen LogP contribution in [0.1, 0.15) is 51.7 Å². The van der Waals surface area contributed by atoms with E-state index in [-0.39, 0.29) is 29.1 Å². The fourth-order valence-electron chi connectivity index (χ4n) is 4.42. The summed E-state index contributed by atoms with van der Waals surface area (Å²) in [6, 6.07) is 21.6. The van der Waals surface area contributed by atoms with Crippen LogP contribution >= 0.6 is 0 Å². The van der Waals surface area contributed by atoms with Gasteiger partial charge in [0.1, 0.15) is 18.3 Å². The number of hydrogen-bond donors (Lipinski definition) is 1. The van der Waals surface area contributed by atoms with Crippen LogP contribution in [-0.4, -0.2) is 50.4 Å². The van der Waals surface area contributed by atoms with Gasteiger partial charge >= 0.3 is 0 Å². The van der Waals surface area contributed by atoms with E-state index in [0.29, 0.717) is 18.8 Å². The van der Waals surface area contributed by atoms with Gasteiger partial charge in [-0.3, -0.25) is 13.9 Å². The van der Waals surface area contributed by atoms with Crippen molar-refractivity contribution in [2.45, 2.75) is 71.0 Å². The summed E-state index contributed by atoms with van der Waals surface area (Å²) < 4.78 is 34.9. The minimum atomic E-state index is -4.17. The standard InChI is InChI=1S/C32H41N3O5S/c1-6-25(5)33-32(37)28(7-2)34(22-26-20-18-24(4)19-21-26)31(36)23-35(29-16-12-13-17-30(29)40-8-3)41(38,39)27-14-10-9-11-15-27/h9-21,25,28H,6-8,22-23H2,1-5H3,(H,33,37)/t25-,28-/m1/s1. The number of para-hydroxylation sites is 2. The largest absolute Gasteiger partial charge is 0.492 e. The summed E-state index contributed by atoms with van der Waals surface area (Å²) in [6.07, 6.45) is 1.10. The maximum atomic E-state index is 14.2. The summed E-state index contributed by atoms with van der Waals surface area (Å²) in [4.78, 5) is 29.1. The van der Waals surface area contributed by atoms with Gasteiger partial charge in [0, 0.05) is 12.6 Å². The van der Waals surface area contributed by atoms with Gasteiger partial charge in [0.15, 0.2) is 0 Å². The van der Waals surface area contributed by atoms with Crippen molar-refractivity contribution in [1.82, 2.24) is 10.2 Å². The highest BCUT2D eigenvalue weighted by atomic mass is 32.2. The SMILES string of the molecule is CCOc1ccccc1N(CC(=O)N(Cc1ccc(C)cc1)[C@H](CC)C(=O)N[C@H](C)CC)S(=O)(=O)c1ccccc1. The van der Waals surface area contributed by atoms with Crippen LogP contribution in [0.4, 0.5) is 5.69 Å². The molecule has 0 aliphatic carbocycles. The highest BCUT2D eigenvalue weighted by Gasteiger charge is 2.34. The normalized spacial score (nSPS) is 12.7. The first-order valence-corrected chi connectivity index (χ1v) is 15.5. The third kappa shape index (κ3) is 8.10. The molecule has 41 heavy (non-hydrogen) atoms. The van der Waals surface area contributed by atoms with Crippen molar-refractivity contribution in [2.75, 3.05) is 17.5 Å². The summed E-state index contributed by atoms with van der Waals surface area (Å²) in [5.41, 5.74) is 2.16. The number of sulfonamides is 1. The number of hydrogen-bond acceptors (Lipinski definition) is 5. The molecular formula is C32H41N3O5S. The van der Waals surface area contributed by atoms with E-state index in [9.17, 15) is 18.0 Å². The average Bonchev–Trinajstić information content (AvgIpc) is 2.97. The van der Waals surface area contributed by atoms with Crippen LogP contribution in [0.15, 0.2) is 83.8 Å². The molecule has 0 saturated carbocycles. The van der Waals surface area contributed by atoms with E-state index in [1.165, 1.54) is 17.0 Å². The molecule has 0 spiro atoms. The Morgan fingerprint density at radius 3 is 2.12 bits per heavy atom. The van der Waals surface area contributed by atoms with E-state index in [1.807, 2.05) is 58.9 Å². The lowest BCUT2D eigenvalue weighted by Gasteiger charge is -2.34. The Morgan fingerprint density at radius 2 is 1.51 bits per heavy atom. The van der Waals surface area contributed by atoms with Crippen LogP contribution in [-0.2, 0) is 26.2 Å². The zero-order valence-electron chi connectivity index (χ0n) is 24.5. The third-order valence-electron chi connectivity index (χ3n) is 6.90. The number of rotatable bonds is 14. The van der Waals surface area contributed by atoms with Crippen LogP contribution in [0.3, 0.4) is 0 Å². The number of anilines is 1. The molecule has 2 amide bonds. The highest BCUT2D eigenvalue weighted by Crippen LogP contribution is 2.33. The van der Waals surface area contributed by atoms with Gasteiger partial charge in [0.2, 0.25) is 11.8 Å². The van der Waals surface area contributed by atoms with Gasteiger partial charge in [0.05, 0.1) is 17.2 Å². The van der Waals surface area contributed by atoms with E-state index in [2.05, 4.69) is 5.32 Å². The molecule has 3 aromatic rings. The molecule has 0 aliphatic rings. The minimum absolute atomic E-state index is 0.0470. The summed E-state index contributed by atoms with van der Waals surface area (Å²) in [7, 11) is -4.17. The van der Waals surface area contributed by atoms with Crippen LogP contribution in [0, 0.1) is 6.92 Å². The maximum Gasteiger partial charge on any atom is 0.264 e. The summed E-state index contributed by atoms with van der Waals surface area (Å²) in [5.74, 6) is -0.425. The lowest BCUT2D eigenvalue weighted by Crippen LogP contribution is -2.53. The second-order valence-electron chi connectivity index (χ2n) is 9.97. The van der Waals surface area contributed by atoms with Crippen molar-refractivity contribution in [1.29, 1.82) is 0 Å². The molecule has 0 unspecified atom stereocenters. The molecule has 0 bridgehead atoms. The predicted molar refractivity (Wildman–Crippen MR) is 162 cm³/mol. The molecular weight excluding hydrogens is 538 g/mol. The molecule has 0 radical (unpaired) electrons. The van der Waals surface area contributed by atoms with Gasteiger partial charge in [-0.25, -0.2) is 8.42 Å². The van der Waals surface area contributed by atoms with Crippen molar-refractivity contribution in [3.05, 3.63) is 90.0 Å². The molecule has 0 saturated heterocycles. The Morgan fingerprint density at radius 1 is 0.878 bits per heavy atom. The fourth-order valence-corrected chi connectivity index (χ4v) is 5.87. The smallest absolute Gasteiger partial charge is 0.264 e. The number of carbonyl (C=O) groups is 2. The average molecular weight is 580 g/mol. The molecule has 2 atom stereocenters. The molecule has 0 fully saturated rings. The monoisotopic (exact) mass is 579 g/mol. The number of benzene rings is 3.